The molecular formula is C21H33N3O2. The molecule has 2 N–H and O–H groups in total. The lowest BCUT2D eigenvalue weighted by Gasteiger charge is -2.34. The molecule has 5 heteroatoms. The van der Waals surface area contributed by atoms with Crippen molar-refractivity contribution < 1.29 is 9.59 Å². The van der Waals surface area contributed by atoms with Gasteiger partial charge in [0, 0.05) is 11.7 Å². The second-order valence-electron chi connectivity index (χ2n) is 7.67. The molecule has 0 heterocycles. The van der Waals surface area contributed by atoms with E-state index in [4.69, 9.17) is 0 Å². The van der Waals surface area contributed by atoms with E-state index in [-0.39, 0.29) is 30.9 Å². The highest BCUT2D eigenvalue weighted by molar-refractivity contribution is 5.93. The van der Waals surface area contributed by atoms with E-state index in [0.717, 1.165) is 24.1 Å². The maximum Gasteiger partial charge on any atom is 0.238 e. The molecule has 144 valence electrons. The van der Waals surface area contributed by atoms with Crippen LogP contribution < -0.4 is 10.6 Å². The first-order valence-electron chi connectivity index (χ1n) is 9.76. The Hall–Kier alpha value is -1.88. The van der Waals surface area contributed by atoms with Gasteiger partial charge in [0.15, 0.2) is 0 Å². The lowest BCUT2D eigenvalue weighted by atomic mass is 9.78. The first kappa shape index (κ1) is 20.4. The molecule has 3 atom stereocenters. The van der Waals surface area contributed by atoms with Crippen molar-refractivity contribution in [1.29, 1.82) is 0 Å². The van der Waals surface area contributed by atoms with Crippen molar-refractivity contribution >= 4 is 17.5 Å². The molecular weight excluding hydrogens is 326 g/mol. The number of hydrogen-bond acceptors (Lipinski definition) is 3. The van der Waals surface area contributed by atoms with Crippen molar-refractivity contribution in [3.8, 4) is 0 Å². The lowest BCUT2D eigenvalue weighted by molar-refractivity contribution is -0.124. The average Bonchev–Trinajstić information content (AvgIpc) is 2.59. The Kier molecular flexibility index (Phi) is 7.64. The van der Waals surface area contributed by atoms with E-state index in [1.807, 2.05) is 24.3 Å². The van der Waals surface area contributed by atoms with E-state index in [9.17, 15) is 9.59 Å². The van der Waals surface area contributed by atoms with Gasteiger partial charge in [-0.25, -0.2) is 0 Å². The van der Waals surface area contributed by atoms with Crippen LogP contribution in [0.5, 0.6) is 0 Å². The summed E-state index contributed by atoms with van der Waals surface area (Å²) in [4.78, 5) is 26.4. The quantitative estimate of drug-likeness (QED) is 0.786. The second-order valence-corrected chi connectivity index (χ2v) is 7.67. The summed E-state index contributed by atoms with van der Waals surface area (Å²) >= 11 is 0. The summed E-state index contributed by atoms with van der Waals surface area (Å²) in [6.45, 7) is 6.97. The van der Waals surface area contributed by atoms with Gasteiger partial charge in [-0.15, -0.1) is 0 Å². The minimum atomic E-state index is -0.0964. The largest absolute Gasteiger partial charge is 0.352 e. The van der Waals surface area contributed by atoms with Gasteiger partial charge in [0.25, 0.3) is 0 Å². The van der Waals surface area contributed by atoms with Gasteiger partial charge in [0.2, 0.25) is 11.8 Å². The highest BCUT2D eigenvalue weighted by atomic mass is 16.2. The molecule has 1 fully saturated rings. The van der Waals surface area contributed by atoms with Gasteiger partial charge in [-0.1, -0.05) is 51.8 Å². The van der Waals surface area contributed by atoms with Crippen LogP contribution in [0.25, 0.3) is 0 Å². The Morgan fingerprint density at radius 3 is 2.54 bits per heavy atom. The molecule has 1 aromatic rings. The highest BCUT2D eigenvalue weighted by Crippen LogP contribution is 2.29. The van der Waals surface area contributed by atoms with Crippen LogP contribution in [0.1, 0.15) is 45.6 Å². The van der Waals surface area contributed by atoms with Gasteiger partial charge in [-0.05, 0) is 43.4 Å². The molecule has 5 nitrogen and oxygen atoms in total. The van der Waals surface area contributed by atoms with Crippen molar-refractivity contribution in [2.45, 2.75) is 52.5 Å². The predicted molar refractivity (Wildman–Crippen MR) is 106 cm³/mol. The van der Waals surface area contributed by atoms with Gasteiger partial charge in [0.1, 0.15) is 0 Å². The lowest BCUT2D eigenvalue weighted by Crippen LogP contribution is -2.47. The fourth-order valence-electron chi connectivity index (χ4n) is 3.72. The van der Waals surface area contributed by atoms with Crippen LogP contribution >= 0.6 is 0 Å². The second kappa shape index (κ2) is 9.72. The van der Waals surface area contributed by atoms with Crippen molar-refractivity contribution in [3.63, 3.8) is 0 Å². The maximum atomic E-state index is 12.3. The molecule has 1 aliphatic carbocycles. The fraction of sp³-hybridized carbons (Fsp3) is 0.619. The van der Waals surface area contributed by atoms with Crippen LogP contribution in [0.2, 0.25) is 0 Å². The minimum Gasteiger partial charge on any atom is -0.352 e. The fourth-order valence-corrected chi connectivity index (χ4v) is 3.72. The summed E-state index contributed by atoms with van der Waals surface area (Å²) in [6, 6.07) is 8.06. The number of carbonyl (C=O) groups is 2. The molecule has 0 aliphatic heterocycles. The van der Waals surface area contributed by atoms with E-state index in [0.29, 0.717) is 11.8 Å². The Bertz CT molecular complexity index is 617. The number of hydrogen-bond donors (Lipinski definition) is 2. The van der Waals surface area contributed by atoms with Crippen molar-refractivity contribution in [1.82, 2.24) is 10.2 Å². The smallest absolute Gasteiger partial charge is 0.238 e. The van der Waals surface area contributed by atoms with E-state index < -0.39 is 0 Å². The number of para-hydroxylation sites is 1. The molecule has 1 aromatic carbocycles. The first-order chi connectivity index (χ1) is 12.4. The van der Waals surface area contributed by atoms with Gasteiger partial charge < -0.3 is 10.6 Å². The van der Waals surface area contributed by atoms with Gasteiger partial charge in [-0.3, -0.25) is 14.5 Å². The van der Waals surface area contributed by atoms with Crippen LogP contribution in [-0.2, 0) is 16.0 Å². The molecule has 0 radical (unpaired) electrons. The Morgan fingerprint density at radius 2 is 1.81 bits per heavy atom. The summed E-state index contributed by atoms with van der Waals surface area (Å²) < 4.78 is 0. The van der Waals surface area contributed by atoms with Crippen LogP contribution in [0.15, 0.2) is 24.3 Å². The van der Waals surface area contributed by atoms with Crippen LogP contribution in [-0.4, -0.2) is 42.9 Å². The van der Waals surface area contributed by atoms with Crippen LogP contribution in [0.4, 0.5) is 5.69 Å². The molecule has 0 aromatic heterocycles. The molecule has 0 saturated heterocycles. The zero-order chi connectivity index (χ0) is 19.1. The van der Waals surface area contributed by atoms with E-state index in [1.54, 1.807) is 11.9 Å². The Morgan fingerprint density at radius 1 is 1.12 bits per heavy atom. The normalized spacial score (nSPS) is 22.9. The number of anilines is 1. The Balaban J connectivity index is 1.79. The maximum absolute atomic E-state index is 12.3. The van der Waals surface area contributed by atoms with Gasteiger partial charge in [0.05, 0.1) is 13.1 Å². The van der Waals surface area contributed by atoms with Crippen molar-refractivity contribution in [3.05, 3.63) is 29.8 Å². The molecule has 0 spiro atoms. The number of amides is 2. The topological polar surface area (TPSA) is 61.4 Å². The minimum absolute atomic E-state index is 0.000193. The van der Waals surface area contributed by atoms with E-state index in [2.05, 4.69) is 31.4 Å². The molecule has 2 rings (SSSR count). The third-order valence-electron chi connectivity index (χ3n) is 5.55. The molecule has 1 aliphatic rings. The monoisotopic (exact) mass is 359 g/mol. The standard InChI is InChI=1S/C21H33N3O2/c1-5-17-10-6-7-11-19(17)23-21(26)14-24(4)13-20(25)22-18-12-8-9-15(2)16(18)3/h6-7,10-11,15-16,18H,5,8-9,12-14H2,1-4H3,(H,22,25)(H,23,26). The predicted octanol–water partition coefficient (Wildman–Crippen LogP) is 3.06. The number of likely N-dealkylation sites (N-methyl/N-ethyl adjacent to an activating group) is 1. The number of carbonyl (C=O) groups excluding carboxylic acids is 2. The summed E-state index contributed by atoms with van der Waals surface area (Å²) in [6.07, 6.45) is 4.33. The number of benzene rings is 1. The van der Waals surface area contributed by atoms with Crippen molar-refractivity contribution in [2.75, 3.05) is 25.5 Å². The molecule has 0 bridgehead atoms. The molecule has 26 heavy (non-hydrogen) atoms. The van der Waals surface area contributed by atoms with Crippen LogP contribution in [0.3, 0.4) is 0 Å². The zero-order valence-corrected chi connectivity index (χ0v) is 16.5. The molecule has 3 unspecified atom stereocenters. The third kappa shape index (κ3) is 5.84. The number of nitrogens with zero attached hydrogens (tertiary/aromatic N) is 1. The van der Waals surface area contributed by atoms with Gasteiger partial charge >= 0.3 is 0 Å². The highest BCUT2D eigenvalue weighted by Gasteiger charge is 2.28. The van der Waals surface area contributed by atoms with Crippen LogP contribution in [0, 0.1) is 11.8 Å². The average molecular weight is 360 g/mol. The SMILES string of the molecule is CCc1ccccc1NC(=O)CN(C)CC(=O)NC1CCCC(C)C1C. The number of nitrogens with one attached hydrogen (secondary N) is 2. The summed E-state index contributed by atoms with van der Waals surface area (Å²) in [5.41, 5.74) is 1.96. The summed E-state index contributed by atoms with van der Waals surface area (Å²) in [5.74, 6) is 1.06. The molecule has 1 saturated carbocycles. The Labute approximate surface area is 157 Å². The summed E-state index contributed by atoms with van der Waals surface area (Å²) in [5, 5.41) is 6.11. The number of aryl methyl sites for hydroxylation is 1. The van der Waals surface area contributed by atoms with Crippen molar-refractivity contribution in [2.24, 2.45) is 11.8 Å². The first-order valence-corrected chi connectivity index (χ1v) is 9.76. The third-order valence-corrected chi connectivity index (χ3v) is 5.55. The molecule has 2 amide bonds. The zero-order valence-electron chi connectivity index (χ0n) is 16.5. The van der Waals surface area contributed by atoms with E-state index >= 15 is 0 Å². The van der Waals surface area contributed by atoms with E-state index in [1.165, 1.54) is 12.8 Å². The number of rotatable bonds is 7. The van der Waals surface area contributed by atoms with Gasteiger partial charge in [-0.2, -0.15) is 0 Å². The summed E-state index contributed by atoms with van der Waals surface area (Å²) in [7, 11) is 1.80.